The fraction of sp³-hybridized carbons (Fsp3) is 0.682. The van der Waals surface area contributed by atoms with E-state index in [9.17, 15) is 13.2 Å². The summed E-state index contributed by atoms with van der Waals surface area (Å²) in [6.45, 7) is 2.28. The molecule has 0 unspecified atom stereocenters. The molecule has 5 nitrogen and oxygen atoms in total. The number of amides is 1. The fourth-order valence-electron chi connectivity index (χ4n) is 6.27. The van der Waals surface area contributed by atoms with Gasteiger partial charge in [-0.3, -0.25) is 9.10 Å². The second-order valence-corrected chi connectivity index (χ2v) is 11.4. The molecule has 0 aromatic heterocycles. The number of benzene rings is 1. The Morgan fingerprint density at radius 3 is 2.29 bits per heavy atom. The molecule has 0 heterocycles. The lowest BCUT2D eigenvalue weighted by atomic mass is 9.53. The standard InChI is InChI=1S/C22H32N2O3S/c1-16-5-3-6-20(9-16)24(28(2,26)27)8-4-7-21(25)23-22-13-17-10-18(14-22)12-19(11-17)15-22/h3,5-6,9,17-19H,4,7-8,10-15H2,1-2H3,(H,23,25). The quantitative estimate of drug-likeness (QED) is 0.755. The number of aryl methyl sites for hydroxylation is 1. The van der Waals surface area contributed by atoms with Crippen molar-refractivity contribution in [3.63, 3.8) is 0 Å². The summed E-state index contributed by atoms with van der Waals surface area (Å²) in [6.07, 6.45) is 9.62. The summed E-state index contributed by atoms with van der Waals surface area (Å²) in [6, 6.07) is 7.49. The van der Waals surface area contributed by atoms with Gasteiger partial charge in [0.2, 0.25) is 15.9 Å². The van der Waals surface area contributed by atoms with Gasteiger partial charge in [0.15, 0.2) is 0 Å². The summed E-state index contributed by atoms with van der Waals surface area (Å²) in [5.74, 6) is 2.48. The van der Waals surface area contributed by atoms with E-state index in [1.54, 1.807) is 0 Å². The molecule has 4 bridgehead atoms. The molecule has 4 saturated carbocycles. The monoisotopic (exact) mass is 404 g/mol. The Hall–Kier alpha value is -1.56. The molecule has 0 radical (unpaired) electrons. The van der Waals surface area contributed by atoms with Crippen molar-refractivity contribution in [3.05, 3.63) is 29.8 Å². The number of sulfonamides is 1. The van der Waals surface area contributed by atoms with Crippen molar-refractivity contribution in [3.8, 4) is 0 Å². The molecular formula is C22H32N2O3S. The molecule has 0 atom stereocenters. The maximum Gasteiger partial charge on any atom is 0.232 e. The van der Waals surface area contributed by atoms with Crippen molar-refractivity contribution < 1.29 is 13.2 Å². The highest BCUT2D eigenvalue weighted by molar-refractivity contribution is 7.92. The van der Waals surface area contributed by atoms with E-state index >= 15 is 0 Å². The largest absolute Gasteiger partial charge is 0.351 e. The van der Waals surface area contributed by atoms with Gasteiger partial charge in [0, 0.05) is 18.5 Å². The van der Waals surface area contributed by atoms with Crippen LogP contribution in [0.2, 0.25) is 0 Å². The van der Waals surface area contributed by atoms with E-state index in [1.807, 2.05) is 31.2 Å². The Morgan fingerprint density at radius 2 is 1.75 bits per heavy atom. The summed E-state index contributed by atoms with van der Waals surface area (Å²) in [5, 5.41) is 3.38. The Labute approximate surface area is 168 Å². The molecular weight excluding hydrogens is 372 g/mol. The lowest BCUT2D eigenvalue weighted by Gasteiger charge is -2.56. The average Bonchev–Trinajstić information content (AvgIpc) is 2.56. The van der Waals surface area contributed by atoms with Crippen LogP contribution in [0.25, 0.3) is 0 Å². The minimum atomic E-state index is -3.37. The Bertz CT molecular complexity index is 814. The minimum Gasteiger partial charge on any atom is -0.351 e. The minimum absolute atomic E-state index is 0.0267. The Morgan fingerprint density at radius 1 is 1.14 bits per heavy atom. The SMILES string of the molecule is Cc1cccc(N(CCCC(=O)NC23CC4CC(CC(C4)C2)C3)S(C)(=O)=O)c1. The van der Waals surface area contributed by atoms with Crippen LogP contribution in [0.3, 0.4) is 0 Å². The van der Waals surface area contributed by atoms with Crippen LogP contribution in [0.5, 0.6) is 0 Å². The second-order valence-electron chi connectivity index (χ2n) is 9.52. The molecule has 1 aromatic carbocycles. The lowest BCUT2D eigenvalue weighted by Crippen LogP contribution is -2.59. The molecule has 4 aliphatic rings. The first kappa shape index (κ1) is 19.7. The van der Waals surface area contributed by atoms with Crippen molar-refractivity contribution in [2.45, 2.75) is 63.8 Å². The maximum absolute atomic E-state index is 12.7. The first-order valence-corrected chi connectivity index (χ1v) is 12.4. The molecule has 154 valence electrons. The van der Waals surface area contributed by atoms with Crippen LogP contribution in [0.15, 0.2) is 24.3 Å². The summed E-state index contributed by atoms with van der Waals surface area (Å²) in [7, 11) is -3.37. The molecule has 4 fully saturated rings. The van der Waals surface area contributed by atoms with Crippen LogP contribution in [0, 0.1) is 24.7 Å². The van der Waals surface area contributed by atoms with E-state index in [2.05, 4.69) is 5.32 Å². The van der Waals surface area contributed by atoms with Gasteiger partial charge in [0.1, 0.15) is 0 Å². The molecule has 0 spiro atoms. The normalized spacial score (nSPS) is 31.0. The van der Waals surface area contributed by atoms with Crippen LogP contribution >= 0.6 is 0 Å². The van der Waals surface area contributed by atoms with Crippen molar-refractivity contribution in [2.24, 2.45) is 17.8 Å². The third-order valence-electron chi connectivity index (χ3n) is 6.90. The van der Waals surface area contributed by atoms with Crippen molar-refractivity contribution in [1.29, 1.82) is 0 Å². The van der Waals surface area contributed by atoms with E-state index < -0.39 is 10.0 Å². The van der Waals surface area contributed by atoms with Crippen LogP contribution in [0.4, 0.5) is 5.69 Å². The molecule has 4 aliphatic carbocycles. The van der Waals surface area contributed by atoms with Gasteiger partial charge in [-0.2, -0.15) is 0 Å². The highest BCUT2D eigenvalue weighted by Gasteiger charge is 2.51. The Kier molecular flexibility index (Phi) is 5.19. The van der Waals surface area contributed by atoms with Crippen molar-refractivity contribution in [1.82, 2.24) is 5.32 Å². The van der Waals surface area contributed by atoms with E-state index in [-0.39, 0.29) is 11.4 Å². The van der Waals surface area contributed by atoms with Crippen molar-refractivity contribution >= 4 is 21.6 Å². The smallest absolute Gasteiger partial charge is 0.232 e. The molecule has 5 rings (SSSR count). The van der Waals surface area contributed by atoms with Gasteiger partial charge in [-0.25, -0.2) is 8.42 Å². The van der Waals surface area contributed by atoms with Crippen LogP contribution in [0.1, 0.15) is 56.9 Å². The van der Waals surface area contributed by atoms with Gasteiger partial charge in [-0.05, 0) is 87.3 Å². The van der Waals surface area contributed by atoms with E-state index in [1.165, 1.54) is 29.8 Å². The fourth-order valence-corrected chi connectivity index (χ4v) is 7.23. The molecule has 1 N–H and O–H groups in total. The molecule has 28 heavy (non-hydrogen) atoms. The van der Waals surface area contributed by atoms with E-state index in [0.29, 0.717) is 25.1 Å². The zero-order chi connectivity index (χ0) is 19.9. The number of hydrogen-bond acceptors (Lipinski definition) is 3. The molecule has 6 heteroatoms. The summed E-state index contributed by atoms with van der Waals surface area (Å²) >= 11 is 0. The van der Waals surface area contributed by atoms with E-state index in [4.69, 9.17) is 0 Å². The predicted octanol–water partition coefficient (Wildman–Crippen LogP) is 3.63. The van der Waals surface area contributed by atoms with Crippen molar-refractivity contribution in [2.75, 3.05) is 17.1 Å². The highest BCUT2D eigenvalue weighted by Crippen LogP contribution is 2.55. The maximum atomic E-state index is 12.7. The average molecular weight is 405 g/mol. The van der Waals surface area contributed by atoms with Crippen LogP contribution < -0.4 is 9.62 Å². The topological polar surface area (TPSA) is 66.5 Å². The first-order valence-electron chi connectivity index (χ1n) is 10.6. The van der Waals surface area contributed by atoms with Gasteiger partial charge < -0.3 is 5.32 Å². The number of hydrogen-bond donors (Lipinski definition) is 1. The molecule has 0 saturated heterocycles. The third kappa shape index (κ3) is 4.22. The van der Waals surface area contributed by atoms with Gasteiger partial charge in [-0.15, -0.1) is 0 Å². The number of nitrogens with zero attached hydrogens (tertiary/aromatic N) is 1. The summed E-state index contributed by atoms with van der Waals surface area (Å²) in [5.41, 5.74) is 1.72. The number of carbonyl (C=O) groups excluding carboxylic acids is 1. The number of nitrogens with one attached hydrogen (secondary N) is 1. The molecule has 1 amide bonds. The van der Waals surface area contributed by atoms with Gasteiger partial charge in [0.25, 0.3) is 0 Å². The van der Waals surface area contributed by atoms with E-state index in [0.717, 1.165) is 42.6 Å². The zero-order valence-electron chi connectivity index (χ0n) is 17.0. The van der Waals surface area contributed by atoms with Gasteiger partial charge in [-0.1, -0.05) is 12.1 Å². The Balaban J connectivity index is 1.34. The second kappa shape index (κ2) is 7.36. The molecule has 0 aliphatic heterocycles. The summed E-state index contributed by atoms with van der Waals surface area (Å²) in [4.78, 5) is 12.7. The number of anilines is 1. The van der Waals surface area contributed by atoms with Crippen LogP contribution in [-0.2, 0) is 14.8 Å². The number of carbonyl (C=O) groups is 1. The zero-order valence-corrected chi connectivity index (χ0v) is 17.8. The number of rotatable bonds is 7. The predicted molar refractivity (Wildman–Crippen MR) is 112 cm³/mol. The first-order chi connectivity index (χ1) is 13.2. The van der Waals surface area contributed by atoms with Crippen LogP contribution in [-0.4, -0.2) is 32.7 Å². The summed E-state index contributed by atoms with van der Waals surface area (Å²) < 4.78 is 25.9. The van der Waals surface area contributed by atoms with Gasteiger partial charge >= 0.3 is 0 Å². The molecule has 1 aromatic rings. The highest BCUT2D eigenvalue weighted by atomic mass is 32.2. The lowest BCUT2D eigenvalue weighted by molar-refractivity contribution is -0.126. The third-order valence-corrected chi connectivity index (χ3v) is 8.09. The van der Waals surface area contributed by atoms with Gasteiger partial charge in [0.05, 0.1) is 11.9 Å².